The van der Waals surface area contributed by atoms with Crippen LogP contribution in [0.3, 0.4) is 0 Å². The molecule has 0 heterocycles. The summed E-state index contributed by atoms with van der Waals surface area (Å²) in [5.74, 6) is -0.676. The number of aliphatic carboxylic acids is 1. The highest BCUT2D eigenvalue weighted by atomic mass is 16.5. The molecular formula is C30H60O4. The summed E-state index contributed by atoms with van der Waals surface area (Å²) < 4.78 is 13.0. The topological polar surface area (TPSA) is 55.8 Å². The van der Waals surface area contributed by atoms with E-state index in [0.29, 0.717) is 6.42 Å². The first-order valence-electron chi connectivity index (χ1n) is 15.1. The average Bonchev–Trinajstić information content (AvgIpc) is 2.82. The number of carbonyl (C=O) groups is 1. The maximum Gasteiger partial charge on any atom is 0.303 e. The Hall–Kier alpha value is -0.610. The van der Waals surface area contributed by atoms with Gasteiger partial charge >= 0.3 is 5.97 Å². The van der Waals surface area contributed by atoms with Crippen LogP contribution in [0.4, 0.5) is 0 Å². The second-order valence-electron chi connectivity index (χ2n) is 10.2. The van der Waals surface area contributed by atoms with E-state index in [-0.39, 0.29) is 12.2 Å². The highest BCUT2D eigenvalue weighted by Crippen LogP contribution is 2.21. The lowest BCUT2D eigenvalue weighted by atomic mass is 9.99. The first-order chi connectivity index (χ1) is 16.7. The fraction of sp³-hybridized carbons (Fsp3) is 0.967. The predicted molar refractivity (Wildman–Crippen MR) is 146 cm³/mol. The fourth-order valence-electron chi connectivity index (χ4n) is 4.56. The van der Waals surface area contributed by atoms with E-state index >= 15 is 0 Å². The highest BCUT2D eigenvalue weighted by molar-refractivity contribution is 5.66. The molecule has 0 aliphatic heterocycles. The van der Waals surface area contributed by atoms with Gasteiger partial charge in [-0.05, 0) is 32.1 Å². The van der Waals surface area contributed by atoms with Crippen LogP contribution in [0.1, 0.15) is 162 Å². The molecule has 4 heteroatoms. The molecule has 34 heavy (non-hydrogen) atoms. The van der Waals surface area contributed by atoms with Crippen molar-refractivity contribution in [3.63, 3.8) is 0 Å². The van der Waals surface area contributed by atoms with Crippen molar-refractivity contribution in [2.24, 2.45) is 0 Å². The predicted octanol–water partition coefficient (Wildman–Crippen LogP) is 9.48. The molecule has 2 atom stereocenters. The molecule has 0 fully saturated rings. The summed E-state index contributed by atoms with van der Waals surface area (Å²) in [6, 6.07) is 0. The van der Waals surface area contributed by atoms with E-state index in [4.69, 9.17) is 14.6 Å². The van der Waals surface area contributed by atoms with Crippen LogP contribution in [0, 0.1) is 0 Å². The second-order valence-corrected chi connectivity index (χ2v) is 10.2. The molecule has 0 spiro atoms. The Kier molecular flexibility index (Phi) is 26.5. The van der Waals surface area contributed by atoms with Crippen molar-refractivity contribution < 1.29 is 19.4 Å². The molecule has 0 bridgehead atoms. The summed E-state index contributed by atoms with van der Waals surface area (Å²) >= 11 is 0. The van der Waals surface area contributed by atoms with Crippen LogP contribution in [0.25, 0.3) is 0 Å². The largest absolute Gasteiger partial charge is 0.481 e. The number of hydrogen-bond donors (Lipinski definition) is 1. The van der Waals surface area contributed by atoms with Gasteiger partial charge in [0, 0.05) is 19.6 Å². The average molecular weight is 485 g/mol. The van der Waals surface area contributed by atoms with Crippen LogP contribution in [0.5, 0.6) is 0 Å². The Labute approximate surface area is 213 Å². The van der Waals surface area contributed by atoms with Gasteiger partial charge in [-0.1, -0.05) is 124 Å². The molecule has 0 radical (unpaired) electrons. The standard InChI is InChI=1S/C30H60O4/c1-4-7-10-13-15-18-23-28(33-26-21-11-8-5-2)29(34-27-22-12-9-6-3)24-19-16-14-17-20-25-30(31)32/h28-29H,4-27H2,1-3H3,(H,31,32). The molecule has 0 aliphatic carbocycles. The summed E-state index contributed by atoms with van der Waals surface area (Å²) in [6.07, 6.45) is 26.0. The SMILES string of the molecule is CCCCCCCCC(OCCCCCC)C(CCCCCCCC(=O)O)OCCCCCC. The zero-order valence-electron chi connectivity index (χ0n) is 23.3. The smallest absolute Gasteiger partial charge is 0.303 e. The van der Waals surface area contributed by atoms with Crippen LogP contribution < -0.4 is 0 Å². The lowest BCUT2D eigenvalue weighted by molar-refractivity contribution is -0.137. The van der Waals surface area contributed by atoms with E-state index in [2.05, 4.69) is 20.8 Å². The number of unbranched alkanes of at least 4 members (excludes halogenated alkanes) is 15. The Morgan fingerprint density at radius 2 is 0.882 bits per heavy atom. The molecule has 0 aromatic carbocycles. The van der Waals surface area contributed by atoms with E-state index in [0.717, 1.165) is 71.0 Å². The van der Waals surface area contributed by atoms with Crippen molar-refractivity contribution in [1.82, 2.24) is 0 Å². The molecule has 0 amide bonds. The van der Waals surface area contributed by atoms with Crippen LogP contribution >= 0.6 is 0 Å². The van der Waals surface area contributed by atoms with Gasteiger partial charge in [-0.2, -0.15) is 0 Å². The summed E-state index contributed by atoms with van der Waals surface area (Å²) in [4.78, 5) is 10.7. The van der Waals surface area contributed by atoms with Crippen molar-refractivity contribution in [2.75, 3.05) is 13.2 Å². The lowest BCUT2D eigenvalue weighted by Crippen LogP contribution is -2.32. The summed E-state index contributed by atoms with van der Waals surface area (Å²) in [5, 5.41) is 8.81. The summed E-state index contributed by atoms with van der Waals surface area (Å²) in [6.45, 7) is 8.51. The number of hydrogen-bond acceptors (Lipinski definition) is 3. The van der Waals surface area contributed by atoms with E-state index in [1.54, 1.807) is 0 Å². The molecule has 0 aliphatic rings. The maximum atomic E-state index is 10.7. The molecule has 0 aromatic rings. The molecule has 0 saturated heterocycles. The zero-order valence-corrected chi connectivity index (χ0v) is 23.3. The fourth-order valence-corrected chi connectivity index (χ4v) is 4.56. The minimum atomic E-state index is -0.676. The van der Waals surface area contributed by atoms with Gasteiger partial charge in [0.25, 0.3) is 0 Å². The third kappa shape index (κ3) is 23.1. The zero-order chi connectivity index (χ0) is 25.1. The normalized spacial score (nSPS) is 13.3. The highest BCUT2D eigenvalue weighted by Gasteiger charge is 2.22. The Balaban J connectivity index is 4.64. The number of carboxylic acids is 1. The number of carboxylic acid groups (broad SMARTS) is 1. The Morgan fingerprint density at radius 1 is 0.529 bits per heavy atom. The first kappa shape index (κ1) is 33.4. The van der Waals surface area contributed by atoms with Gasteiger partial charge < -0.3 is 14.6 Å². The van der Waals surface area contributed by atoms with Gasteiger partial charge in [0.1, 0.15) is 0 Å². The van der Waals surface area contributed by atoms with Crippen molar-refractivity contribution in [3.05, 3.63) is 0 Å². The van der Waals surface area contributed by atoms with E-state index in [1.165, 1.54) is 77.0 Å². The molecule has 0 aromatic heterocycles. The van der Waals surface area contributed by atoms with Gasteiger partial charge in [-0.15, -0.1) is 0 Å². The minimum Gasteiger partial charge on any atom is -0.481 e. The van der Waals surface area contributed by atoms with Crippen LogP contribution in [0.2, 0.25) is 0 Å². The molecule has 0 rings (SSSR count). The molecule has 204 valence electrons. The molecule has 0 saturated carbocycles. The van der Waals surface area contributed by atoms with Gasteiger partial charge in [0.15, 0.2) is 0 Å². The van der Waals surface area contributed by atoms with Crippen LogP contribution in [-0.4, -0.2) is 36.5 Å². The van der Waals surface area contributed by atoms with E-state index in [1.807, 2.05) is 0 Å². The van der Waals surface area contributed by atoms with Crippen molar-refractivity contribution in [2.45, 2.75) is 174 Å². The summed E-state index contributed by atoms with van der Waals surface area (Å²) in [5.41, 5.74) is 0. The third-order valence-corrected chi connectivity index (χ3v) is 6.80. The Bertz CT molecular complexity index is 413. The molecule has 1 N–H and O–H groups in total. The van der Waals surface area contributed by atoms with Crippen LogP contribution in [0.15, 0.2) is 0 Å². The molecular weight excluding hydrogens is 424 g/mol. The lowest BCUT2D eigenvalue weighted by Gasteiger charge is -2.28. The minimum absolute atomic E-state index is 0.211. The van der Waals surface area contributed by atoms with Gasteiger partial charge in [0.05, 0.1) is 12.2 Å². The molecule has 2 unspecified atom stereocenters. The molecule has 4 nitrogen and oxygen atoms in total. The van der Waals surface area contributed by atoms with E-state index < -0.39 is 5.97 Å². The third-order valence-electron chi connectivity index (χ3n) is 6.80. The van der Waals surface area contributed by atoms with Crippen molar-refractivity contribution in [3.8, 4) is 0 Å². The van der Waals surface area contributed by atoms with Gasteiger partial charge in [-0.3, -0.25) is 4.79 Å². The monoisotopic (exact) mass is 484 g/mol. The van der Waals surface area contributed by atoms with Gasteiger partial charge in [-0.25, -0.2) is 0 Å². The van der Waals surface area contributed by atoms with Crippen LogP contribution in [-0.2, 0) is 14.3 Å². The maximum absolute atomic E-state index is 10.7. The van der Waals surface area contributed by atoms with Crippen molar-refractivity contribution >= 4 is 5.97 Å². The second kappa shape index (κ2) is 27.0. The number of rotatable bonds is 28. The van der Waals surface area contributed by atoms with Crippen molar-refractivity contribution in [1.29, 1.82) is 0 Å². The van der Waals surface area contributed by atoms with Gasteiger partial charge in [0.2, 0.25) is 0 Å². The quantitative estimate of drug-likeness (QED) is 0.112. The van der Waals surface area contributed by atoms with E-state index in [9.17, 15) is 4.79 Å². The first-order valence-corrected chi connectivity index (χ1v) is 15.1. The Morgan fingerprint density at radius 3 is 1.29 bits per heavy atom. The summed E-state index contributed by atoms with van der Waals surface area (Å²) in [7, 11) is 0. The number of ether oxygens (including phenoxy) is 2.